The van der Waals surface area contributed by atoms with E-state index in [9.17, 15) is 26.7 Å². The van der Waals surface area contributed by atoms with Crippen LogP contribution in [0.15, 0.2) is 36.4 Å². The molecule has 9 nitrogen and oxygen atoms in total. The van der Waals surface area contributed by atoms with Crippen molar-refractivity contribution in [2.24, 2.45) is 5.14 Å². The highest BCUT2D eigenvalue weighted by Gasteiger charge is 2.33. The first-order chi connectivity index (χ1) is 14.2. The van der Waals surface area contributed by atoms with E-state index < -0.39 is 38.1 Å². The van der Waals surface area contributed by atoms with Crippen LogP contribution in [-0.4, -0.2) is 44.5 Å². The zero-order chi connectivity index (χ0) is 23.0. The predicted molar refractivity (Wildman–Crippen MR) is 104 cm³/mol. The van der Waals surface area contributed by atoms with Crippen molar-refractivity contribution in [1.29, 1.82) is 0 Å². The van der Waals surface area contributed by atoms with Gasteiger partial charge in [-0.15, -0.1) is 10.2 Å². The topological polar surface area (TPSA) is 137 Å². The van der Waals surface area contributed by atoms with Crippen LogP contribution >= 0.6 is 11.6 Å². The number of benzene rings is 1. The van der Waals surface area contributed by atoms with Crippen molar-refractivity contribution in [2.75, 3.05) is 5.75 Å². The van der Waals surface area contributed by atoms with Gasteiger partial charge in [-0.3, -0.25) is 0 Å². The summed E-state index contributed by atoms with van der Waals surface area (Å²) in [5, 5.41) is 26.7. The maximum Gasteiger partial charge on any atom is 0.417 e. The Morgan fingerprint density at radius 3 is 2.58 bits per heavy atom. The van der Waals surface area contributed by atoms with Crippen molar-refractivity contribution >= 4 is 21.6 Å². The second kappa shape index (κ2) is 8.15. The van der Waals surface area contributed by atoms with Gasteiger partial charge in [-0.05, 0) is 42.0 Å². The van der Waals surface area contributed by atoms with E-state index in [1.54, 1.807) is 0 Å². The second-order valence-corrected chi connectivity index (χ2v) is 8.97. The molecule has 1 aromatic carbocycles. The first kappa shape index (κ1) is 23.1. The Morgan fingerprint density at radius 2 is 1.94 bits per heavy atom. The molecule has 14 heteroatoms. The fourth-order valence-electron chi connectivity index (χ4n) is 2.79. The molecule has 1 unspecified atom stereocenters. The number of sulfonamides is 1. The van der Waals surface area contributed by atoms with Gasteiger partial charge in [0, 0.05) is 0 Å². The molecule has 2 aromatic heterocycles. The lowest BCUT2D eigenvalue weighted by atomic mass is 10.0. The van der Waals surface area contributed by atoms with Gasteiger partial charge in [0.25, 0.3) is 0 Å². The molecule has 2 heterocycles. The lowest BCUT2D eigenvalue weighted by Crippen LogP contribution is -2.35. The molecule has 0 aliphatic rings. The summed E-state index contributed by atoms with van der Waals surface area (Å²) in [7, 11) is -3.98. The number of primary sulfonamides is 1. The highest BCUT2D eigenvalue weighted by molar-refractivity contribution is 7.89. The Bertz CT molecular complexity index is 1210. The number of tetrazole rings is 1. The van der Waals surface area contributed by atoms with E-state index in [2.05, 4.69) is 20.4 Å². The number of hydrogen-bond donors (Lipinski definition) is 2. The monoisotopic (exact) mass is 476 g/mol. The van der Waals surface area contributed by atoms with Crippen LogP contribution < -0.4 is 5.14 Å². The molecule has 0 radical (unpaired) electrons. The Balaban J connectivity index is 1.85. The average molecular weight is 477 g/mol. The summed E-state index contributed by atoms with van der Waals surface area (Å²) in [5.74, 6) is -0.729. The van der Waals surface area contributed by atoms with Gasteiger partial charge in [-0.1, -0.05) is 23.7 Å². The van der Waals surface area contributed by atoms with Gasteiger partial charge >= 0.3 is 6.18 Å². The highest BCUT2D eigenvalue weighted by atomic mass is 35.5. The minimum atomic E-state index is -4.60. The molecule has 0 amide bonds. The molecule has 166 valence electrons. The third-order valence-electron chi connectivity index (χ3n) is 4.13. The number of rotatable bonds is 6. The zero-order valence-electron chi connectivity index (χ0n) is 15.9. The quantitative estimate of drug-likeness (QED) is 0.554. The highest BCUT2D eigenvalue weighted by Crippen LogP contribution is 2.35. The third-order valence-corrected chi connectivity index (χ3v) is 5.42. The lowest BCUT2D eigenvalue weighted by molar-refractivity contribution is -0.137. The number of nitrogens with two attached hydrogens (primary N) is 1. The molecule has 0 fully saturated rings. The number of nitrogens with zero attached hydrogens (tertiary/aromatic N) is 5. The standard InChI is InChI=1S/C17H16ClF3N6O3S/c1-16(28,9-31(22,29)30)14-4-2-3-13(23-14)15-24-26-27(25-15)8-10-5-6-12(18)11(7-10)17(19,20)21/h2-7,28H,8-9H2,1H3,(H2,22,29,30). The van der Waals surface area contributed by atoms with Crippen LogP contribution in [-0.2, 0) is 28.3 Å². The number of hydrogen-bond acceptors (Lipinski definition) is 7. The molecular weight excluding hydrogens is 461 g/mol. The minimum Gasteiger partial charge on any atom is -0.383 e. The SMILES string of the molecule is CC(O)(CS(N)(=O)=O)c1cccc(-c2nnn(Cc3ccc(Cl)c(C(F)(F)F)c3)n2)n1. The largest absolute Gasteiger partial charge is 0.417 e. The first-order valence-electron chi connectivity index (χ1n) is 8.59. The molecule has 0 bridgehead atoms. The van der Waals surface area contributed by atoms with E-state index in [0.717, 1.165) is 16.9 Å². The Hall–Kier alpha value is -2.61. The summed E-state index contributed by atoms with van der Waals surface area (Å²) in [5.41, 5.74) is -2.40. The molecule has 3 rings (SSSR count). The lowest BCUT2D eigenvalue weighted by Gasteiger charge is -2.21. The van der Waals surface area contributed by atoms with E-state index in [0.29, 0.717) is 0 Å². The van der Waals surface area contributed by atoms with Crippen LogP contribution in [0.25, 0.3) is 11.5 Å². The third kappa shape index (κ3) is 5.76. The molecule has 3 aromatic rings. The Labute approximate surface area is 179 Å². The average Bonchev–Trinajstić information content (AvgIpc) is 3.09. The van der Waals surface area contributed by atoms with Crippen LogP contribution in [0.4, 0.5) is 13.2 Å². The van der Waals surface area contributed by atoms with E-state index in [-0.39, 0.29) is 29.3 Å². The fraction of sp³-hybridized carbons (Fsp3) is 0.294. The number of aliphatic hydroxyl groups is 1. The first-order valence-corrected chi connectivity index (χ1v) is 10.7. The molecule has 1 atom stereocenters. The van der Waals surface area contributed by atoms with E-state index in [4.69, 9.17) is 16.7 Å². The van der Waals surface area contributed by atoms with Crippen molar-refractivity contribution in [3.63, 3.8) is 0 Å². The van der Waals surface area contributed by atoms with Gasteiger partial charge in [0.05, 0.1) is 28.6 Å². The summed E-state index contributed by atoms with van der Waals surface area (Å²) in [6.07, 6.45) is -4.60. The van der Waals surface area contributed by atoms with Gasteiger partial charge in [0.1, 0.15) is 11.3 Å². The normalized spacial score (nSPS) is 14.4. The Morgan fingerprint density at radius 1 is 1.23 bits per heavy atom. The summed E-state index contributed by atoms with van der Waals surface area (Å²) >= 11 is 5.62. The summed E-state index contributed by atoms with van der Waals surface area (Å²) in [6.45, 7) is 1.13. The van der Waals surface area contributed by atoms with Gasteiger partial charge in [-0.2, -0.15) is 18.0 Å². The van der Waals surface area contributed by atoms with Gasteiger partial charge in [0.15, 0.2) is 0 Å². The zero-order valence-corrected chi connectivity index (χ0v) is 17.4. The number of alkyl halides is 3. The van der Waals surface area contributed by atoms with Crippen molar-refractivity contribution in [2.45, 2.75) is 25.2 Å². The number of aromatic nitrogens is 5. The van der Waals surface area contributed by atoms with E-state index in [1.165, 1.54) is 31.2 Å². The van der Waals surface area contributed by atoms with E-state index >= 15 is 0 Å². The number of pyridine rings is 1. The minimum absolute atomic E-state index is 0.0166. The van der Waals surface area contributed by atoms with E-state index in [1.807, 2.05) is 0 Å². The molecule has 3 N–H and O–H groups in total. The number of halogens is 4. The summed E-state index contributed by atoms with van der Waals surface area (Å²) in [6, 6.07) is 7.85. The van der Waals surface area contributed by atoms with Gasteiger partial charge in [-0.25, -0.2) is 18.5 Å². The van der Waals surface area contributed by atoms with Crippen molar-refractivity contribution < 1.29 is 26.7 Å². The molecule has 0 saturated carbocycles. The van der Waals surface area contributed by atoms with Crippen molar-refractivity contribution in [1.82, 2.24) is 25.2 Å². The van der Waals surface area contributed by atoms with Crippen LogP contribution in [0.5, 0.6) is 0 Å². The molecule has 0 saturated heterocycles. The molecule has 0 aliphatic heterocycles. The maximum atomic E-state index is 13.0. The van der Waals surface area contributed by atoms with Crippen molar-refractivity contribution in [3.8, 4) is 11.5 Å². The van der Waals surface area contributed by atoms with Crippen LogP contribution in [0.3, 0.4) is 0 Å². The maximum absolute atomic E-state index is 13.0. The smallest absolute Gasteiger partial charge is 0.383 e. The van der Waals surface area contributed by atoms with Crippen LogP contribution in [0.1, 0.15) is 23.7 Å². The van der Waals surface area contributed by atoms with Crippen LogP contribution in [0, 0.1) is 0 Å². The Kier molecular flexibility index (Phi) is 6.06. The van der Waals surface area contributed by atoms with Gasteiger partial charge in [0.2, 0.25) is 15.8 Å². The van der Waals surface area contributed by atoms with Crippen molar-refractivity contribution in [3.05, 3.63) is 58.2 Å². The molecule has 0 aliphatic carbocycles. The van der Waals surface area contributed by atoms with Crippen LogP contribution in [0.2, 0.25) is 5.02 Å². The second-order valence-electron chi connectivity index (χ2n) is 6.94. The molecule has 31 heavy (non-hydrogen) atoms. The summed E-state index contributed by atoms with van der Waals surface area (Å²) in [4.78, 5) is 5.23. The predicted octanol–water partition coefficient (Wildman–Crippen LogP) is 1.95. The molecule has 0 spiro atoms. The fourth-order valence-corrected chi connectivity index (χ4v) is 3.95. The summed E-state index contributed by atoms with van der Waals surface area (Å²) < 4.78 is 61.7. The van der Waals surface area contributed by atoms with Gasteiger partial charge < -0.3 is 5.11 Å². The molecular formula is C17H16ClF3N6O3S.